The molecule has 98 valence electrons. The largest absolute Gasteiger partial charge is 0.481 e. The van der Waals surface area contributed by atoms with E-state index in [4.69, 9.17) is 14.2 Å². The standard InChI is InChI=1S/C11H14N2O5/c1-5-7(10(14)17-4)18-11-12-8(15-2)6-9(13-11)16-3/h5-6H,1-4H3/b7-5+. The van der Waals surface area contributed by atoms with Gasteiger partial charge in [0.2, 0.25) is 17.5 Å². The summed E-state index contributed by atoms with van der Waals surface area (Å²) in [5, 5.41) is 0. The van der Waals surface area contributed by atoms with Gasteiger partial charge in [-0.25, -0.2) is 4.79 Å². The summed E-state index contributed by atoms with van der Waals surface area (Å²) in [6, 6.07) is 1.42. The molecule has 0 saturated heterocycles. The molecule has 0 bridgehead atoms. The van der Waals surface area contributed by atoms with Gasteiger partial charge in [-0.05, 0) is 13.0 Å². The summed E-state index contributed by atoms with van der Waals surface area (Å²) in [6.07, 6.45) is 1.45. The maximum atomic E-state index is 11.3. The zero-order chi connectivity index (χ0) is 13.5. The molecule has 1 aromatic rings. The topological polar surface area (TPSA) is 79.8 Å². The van der Waals surface area contributed by atoms with Crippen LogP contribution in [0, 0.1) is 0 Å². The SMILES string of the molecule is C/C=C(/Oc1nc(OC)cc(OC)n1)C(=O)OC. The summed E-state index contributed by atoms with van der Waals surface area (Å²) in [6.45, 7) is 1.63. The number of nitrogens with zero attached hydrogens (tertiary/aromatic N) is 2. The minimum Gasteiger partial charge on any atom is -0.481 e. The van der Waals surface area contributed by atoms with Gasteiger partial charge in [-0.1, -0.05) is 0 Å². The highest BCUT2D eigenvalue weighted by molar-refractivity contribution is 5.86. The Balaban J connectivity index is 2.99. The van der Waals surface area contributed by atoms with Crippen molar-refractivity contribution in [3.8, 4) is 17.8 Å². The Kier molecular flexibility index (Phi) is 4.91. The maximum Gasteiger partial charge on any atom is 0.373 e. The number of rotatable bonds is 5. The van der Waals surface area contributed by atoms with Crippen molar-refractivity contribution < 1.29 is 23.7 Å². The molecular weight excluding hydrogens is 240 g/mol. The van der Waals surface area contributed by atoms with E-state index in [2.05, 4.69) is 14.7 Å². The van der Waals surface area contributed by atoms with Crippen LogP contribution in [0.25, 0.3) is 0 Å². The van der Waals surface area contributed by atoms with E-state index in [1.807, 2.05) is 0 Å². The van der Waals surface area contributed by atoms with E-state index < -0.39 is 5.97 Å². The molecule has 1 rings (SSSR count). The highest BCUT2D eigenvalue weighted by Gasteiger charge is 2.14. The minimum atomic E-state index is -0.622. The predicted octanol–water partition coefficient (Wildman–Crippen LogP) is 0.949. The van der Waals surface area contributed by atoms with E-state index in [1.165, 1.54) is 33.5 Å². The molecule has 0 amide bonds. The van der Waals surface area contributed by atoms with Crippen LogP contribution in [0.1, 0.15) is 6.92 Å². The average molecular weight is 254 g/mol. The minimum absolute atomic E-state index is 0.0205. The van der Waals surface area contributed by atoms with Gasteiger partial charge in [-0.3, -0.25) is 0 Å². The molecule has 0 spiro atoms. The first-order valence-electron chi connectivity index (χ1n) is 5.04. The smallest absolute Gasteiger partial charge is 0.373 e. The van der Waals surface area contributed by atoms with Gasteiger partial charge in [0.15, 0.2) is 0 Å². The Morgan fingerprint density at radius 3 is 2.11 bits per heavy atom. The number of hydrogen-bond donors (Lipinski definition) is 0. The molecular formula is C11H14N2O5. The summed E-state index contributed by atoms with van der Waals surface area (Å²) in [5.41, 5.74) is 0. The van der Waals surface area contributed by atoms with Crippen molar-refractivity contribution in [2.75, 3.05) is 21.3 Å². The molecule has 7 heteroatoms. The molecule has 0 radical (unpaired) electrons. The van der Waals surface area contributed by atoms with Gasteiger partial charge in [-0.2, -0.15) is 9.97 Å². The lowest BCUT2D eigenvalue weighted by atomic mass is 10.5. The van der Waals surface area contributed by atoms with Gasteiger partial charge in [0.1, 0.15) is 0 Å². The number of methoxy groups -OCH3 is 3. The van der Waals surface area contributed by atoms with E-state index in [0.29, 0.717) is 0 Å². The van der Waals surface area contributed by atoms with Crippen LogP contribution in [0.3, 0.4) is 0 Å². The van der Waals surface area contributed by atoms with Crippen LogP contribution in [-0.4, -0.2) is 37.3 Å². The molecule has 0 atom stereocenters. The van der Waals surface area contributed by atoms with Crippen LogP contribution in [0.2, 0.25) is 0 Å². The van der Waals surface area contributed by atoms with Crippen molar-refractivity contribution in [2.24, 2.45) is 0 Å². The van der Waals surface area contributed by atoms with Gasteiger partial charge in [-0.15, -0.1) is 0 Å². The lowest BCUT2D eigenvalue weighted by molar-refractivity contribution is -0.138. The summed E-state index contributed by atoms with van der Waals surface area (Å²) in [4.78, 5) is 19.2. The Hall–Kier alpha value is -2.31. The number of carbonyl (C=O) groups excluding carboxylic acids is 1. The van der Waals surface area contributed by atoms with Crippen LogP contribution in [-0.2, 0) is 9.53 Å². The number of ether oxygens (including phenoxy) is 4. The number of hydrogen-bond acceptors (Lipinski definition) is 7. The first kappa shape index (κ1) is 13.8. The molecule has 0 aliphatic rings. The lowest BCUT2D eigenvalue weighted by Crippen LogP contribution is -2.12. The van der Waals surface area contributed by atoms with Crippen LogP contribution in [0.15, 0.2) is 17.9 Å². The Morgan fingerprint density at radius 1 is 1.17 bits per heavy atom. The van der Waals surface area contributed by atoms with E-state index in [-0.39, 0.29) is 23.5 Å². The number of aromatic nitrogens is 2. The summed E-state index contributed by atoms with van der Waals surface area (Å²) in [5.74, 6) is -0.120. The molecule has 0 aliphatic heterocycles. The quantitative estimate of drug-likeness (QED) is 0.439. The van der Waals surface area contributed by atoms with Crippen molar-refractivity contribution in [2.45, 2.75) is 6.92 Å². The summed E-state index contributed by atoms with van der Waals surface area (Å²) >= 11 is 0. The highest BCUT2D eigenvalue weighted by atomic mass is 16.6. The maximum absolute atomic E-state index is 11.3. The third-order valence-electron chi connectivity index (χ3n) is 1.93. The fourth-order valence-corrected chi connectivity index (χ4v) is 1.06. The molecule has 0 aliphatic carbocycles. The Bertz CT molecular complexity index is 436. The molecule has 7 nitrogen and oxygen atoms in total. The lowest BCUT2D eigenvalue weighted by Gasteiger charge is -2.08. The van der Waals surface area contributed by atoms with Crippen molar-refractivity contribution in [1.82, 2.24) is 9.97 Å². The predicted molar refractivity (Wildman–Crippen MR) is 61.5 cm³/mol. The van der Waals surface area contributed by atoms with Gasteiger partial charge in [0, 0.05) is 0 Å². The fourth-order valence-electron chi connectivity index (χ4n) is 1.06. The van der Waals surface area contributed by atoms with E-state index in [9.17, 15) is 4.79 Å². The molecule has 0 fully saturated rings. The van der Waals surface area contributed by atoms with Crippen LogP contribution in [0.4, 0.5) is 0 Å². The normalized spacial score (nSPS) is 10.8. The van der Waals surface area contributed by atoms with E-state index >= 15 is 0 Å². The first-order chi connectivity index (χ1) is 8.64. The van der Waals surface area contributed by atoms with Crippen LogP contribution in [0.5, 0.6) is 17.8 Å². The second-order valence-electron chi connectivity index (χ2n) is 2.98. The van der Waals surface area contributed by atoms with Gasteiger partial charge in [0.25, 0.3) is 0 Å². The highest BCUT2D eigenvalue weighted by Crippen LogP contribution is 2.20. The van der Waals surface area contributed by atoms with E-state index in [0.717, 1.165) is 0 Å². The molecule has 0 aromatic carbocycles. The number of allylic oxidation sites excluding steroid dienone is 1. The molecule has 0 saturated carbocycles. The monoisotopic (exact) mass is 254 g/mol. The first-order valence-corrected chi connectivity index (χ1v) is 5.04. The van der Waals surface area contributed by atoms with Gasteiger partial charge < -0.3 is 18.9 Å². The Labute approximate surface area is 104 Å². The molecule has 0 N–H and O–H groups in total. The molecule has 18 heavy (non-hydrogen) atoms. The van der Waals surface area contributed by atoms with Gasteiger partial charge in [0.05, 0.1) is 27.4 Å². The van der Waals surface area contributed by atoms with Crippen molar-refractivity contribution >= 4 is 5.97 Å². The second-order valence-corrected chi connectivity index (χ2v) is 2.98. The summed E-state index contributed by atoms with van der Waals surface area (Å²) in [7, 11) is 4.15. The zero-order valence-electron chi connectivity index (χ0n) is 10.6. The number of esters is 1. The van der Waals surface area contributed by atoms with Crippen LogP contribution < -0.4 is 14.2 Å². The molecule has 1 aromatic heterocycles. The van der Waals surface area contributed by atoms with Crippen molar-refractivity contribution in [3.05, 3.63) is 17.9 Å². The van der Waals surface area contributed by atoms with E-state index in [1.54, 1.807) is 6.92 Å². The van der Waals surface area contributed by atoms with Crippen molar-refractivity contribution in [1.29, 1.82) is 0 Å². The number of carbonyl (C=O) groups is 1. The fraction of sp³-hybridized carbons (Fsp3) is 0.364. The third kappa shape index (κ3) is 3.34. The van der Waals surface area contributed by atoms with Gasteiger partial charge >= 0.3 is 12.0 Å². The third-order valence-corrected chi connectivity index (χ3v) is 1.93. The zero-order valence-corrected chi connectivity index (χ0v) is 10.6. The summed E-state index contributed by atoms with van der Waals surface area (Å²) < 4.78 is 19.6. The second kappa shape index (κ2) is 6.43. The average Bonchev–Trinajstić information content (AvgIpc) is 2.43. The van der Waals surface area contributed by atoms with Crippen molar-refractivity contribution in [3.63, 3.8) is 0 Å². The Morgan fingerprint density at radius 2 is 1.72 bits per heavy atom. The molecule has 0 unspecified atom stereocenters. The molecule has 1 heterocycles. The van der Waals surface area contributed by atoms with Crippen LogP contribution >= 0.6 is 0 Å².